The maximum Gasteiger partial charge on any atom is 0.411 e. The maximum atomic E-state index is 12.5. The zero-order chi connectivity index (χ0) is 23.0. The molecule has 1 amide bonds. The normalized spacial score (nSPS) is 11.2. The molecule has 1 N–H and O–H groups in total. The van der Waals surface area contributed by atoms with Crippen LogP contribution < -0.4 is 14.8 Å². The summed E-state index contributed by atoms with van der Waals surface area (Å²) >= 11 is 0. The highest BCUT2D eigenvalue weighted by Gasteiger charge is 2.27. The van der Waals surface area contributed by atoms with Gasteiger partial charge in [-0.3, -0.25) is 4.79 Å². The highest BCUT2D eigenvalue weighted by molar-refractivity contribution is 6.04. The molecule has 0 atom stereocenters. The van der Waals surface area contributed by atoms with Crippen molar-refractivity contribution in [3.8, 4) is 11.5 Å². The predicted molar refractivity (Wildman–Crippen MR) is 111 cm³/mol. The predicted octanol–water partition coefficient (Wildman–Crippen LogP) is 4.65. The van der Waals surface area contributed by atoms with Crippen molar-refractivity contribution in [2.45, 2.75) is 26.4 Å². The largest absolute Gasteiger partial charge is 0.494 e. The first-order valence-corrected chi connectivity index (χ1v) is 9.75. The molecule has 3 rings (SSSR count). The average molecular weight is 449 g/mol. The van der Waals surface area contributed by atoms with Gasteiger partial charge in [0, 0.05) is 5.56 Å². The van der Waals surface area contributed by atoms with Crippen LogP contribution in [0.4, 0.5) is 18.9 Å². The van der Waals surface area contributed by atoms with Gasteiger partial charge in [-0.2, -0.15) is 18.3 Å². The number of ether oxygens (including phenoxy) is 3. The SMILES string of the molecule is CCOc1ccc(OCc2cccc(C(=O)Nc3cnn(COCC(F)(F)F)c3)c2)cc1. The van der Waals surface area contributed by atoms with E-state index in [1.165, 1.54) is 12.4 Å². The highest BCUT2D eigenvalue weighted by Crippen LogP contribution is 2.19. The molecular formula is C22H22F3N3O4. The van der Waals surface area contributed by atoms with Crippen LogP contribution in [0.3, 0.4) is 0 Å². The minimum absolute atomic E-state index is 0.267. The summed E-state index contributed by atoms with van der Waals surface area (Å²) in [6.07, 6.45) is -1.70. The molecule has 0 aliphatic carbocycles. The fourth-order valence-corrected chi connectivity index (χ4v) is 2.72. The summed E-state index contributed by atoms with van der Waals surface area (Å²) in [7, 11) is 0. The van der Waals surface area contributed by atoms with Crippen molar-refractivity contribution in [2.24, 2.45) is 0 Å². The summed E-state index contributed by atoms with van der Waals surface area (Å²) < 4.78 is 53.2. The standard InChI is InChI=1S/C22H22F3N3O4/c1-2-31-19-6-8-20(9-7-19)32-13-16-4-3-5-17(10-16)21(29)27-18-11-26-28(12-18)15-30-14-22(23,24)25/h3-12H,2,13-15H2,1H3,(H,27,29). The second-order valence-electron chi connectivity index (χ2n) is 6.71. The summed E-state index contributed by atoms with van der Waals surface area (Å²) in [4.78, 5) is 12.5. The fraction of sp³-hybridized carbons (Fsp3) is 0.273. The molecule has 10 heteroatoms. The van der Waals surface area contributed by atoms with Crippen LogP contribution in [-0.4, -0.2) is 35.1 Å². The Morgan fingerprint density at radius 2 is 1.81 bits per heavy atom. The zero-order valence-corrected chi connectivity index (χ0v) is 17.3. The molecule has 0 unspecified atom stereocenters. The van der Waals surface area contributed by atoms with E-state index in [2.05, 4.69) is 15.2 Å². The van der Waals surface area contributed by atoms with E-state index >= 15 is 0 Å². The fourth-order valence-electron chi connectivity index (χ4n) is 2.72. The van der Waals surface area contributed by atoms with Crippen molar-refractivity contribution in [1.29, 1.82) is 0 Å². The number of carbonyl (C=O) groups excluding carboxylic acids is 1. The molecule has 0 aliphatic rings. The van der Waals surface area contributed by atoms with Gasteiger partial charge in [0.15, 0.2) is 0 Å². The minimum atomic E-state index is -4.41. The maximum absolute atomic E-state index is 12.5. The van der Waals surface area contributed by atoms with E-state index in [-0.39, 0.29) is 19.2 Å². The lowest BCUT2D eigenvalue weighted by molar-refractivity contribution is -0.182. The molecule has 0 aliphatic heterocycles. The van der Waals surface area contributed by atoms with Gasteiger partial charge in [-0.15, -0.1) is 0 Å². The lowest BCUT2D eigenvalue weighted by Gasteiger charge is -2.09. The van der Waals surface area contributed by atoms with Gasteiger partial charge in [0.2, 0.25) is 0 Å². The van der Waals surface area contributed by atoms with E-state index in [1.807, 2.05) is 25.1 Å². The Morgan fingerprint density at radius 1 is 1.09 bits per heavy atom. The number of carbonyl (C=O) groups is 1. The second kappa shape index (κ2) is 10.7. The van der Waals surface area contributed by atoms with E-state index < -0.39 is 12.8 Å². The van der Waals surface area contributed by atoms with Crippen LogP contribution in [0.5, 0.6) is 11.5 Å². The molecule has 2 aromatic carbocycles. The van der Waals surface area contributed by atoms with Gasteiger partial charge in [-0.1, -0.05) is 12.1 Å². The number of nitrogens with zero attached hydrogens (tertiary/aromatic N) is 2. The van der Waals surface area contributed by atoms with Gasteiger partial charge < -0.3 is 19.5 Å². The van der Waals surface area contributed by atoms with Crippen molar-refractivity contribution < 1.29 is 32.2 Å². The zero-order valence-electron chi connectivity index (χ0n) is 17.3. The van der Waals surface area contributed by atoms with Crippen molar-refractivity contribution in [3.05, 3.63) is 72.1 Å². The molecule has 0 saturated carbocycles. The molecule has 3 aromatic rings. The Bertz CT molecular complexity index is 1020. The number of halogens is 3. The van der Waals surface area contributed by atoms with E-state index in [0.717, 1.165) is 16.0 Å². The lowest BCUT2D eigenvalue weighted by Crippen LogP contribution is -2.18. The molecular weight excluding hydrogens is 427 g/mol. The van der Waals surface area contributed by atoms with Crippen LogP contribution in [-0.2, 0) is 18.1 Å². The number of benzene rings is 2. The average Bonchev–Trinajstić information content (AvgIpc) is 3.20. The molecule has 32 heavy (non-hydrogen) atoms. The Hall–Kier alpha value is -3.53. The van der Waals surface area contributed by atoms with Crippen molar-refractivity contribution >= 4 is 11.6 Å². The Morgan fingerprint density at radius 3 is 2.50 bits per heavy atom. The van der Waals surface area contributed by atoms with Crippen LogP contribution in [0.1, 0.15) is 22.8 Å². The van der Waals surface area contributed by atoms with E-state index in [9.17, 15) is 18.0 Å². The van der Waals surface area contributed by atoms with Gasteiger partial charge in [0.25, 0.3) is 5.91 Å². The van der Waals surface area contributed by atoms with Gasteiger partial charge in [-0.05, 0) is 48.9 Å². The first kappa shape index (κ1) is 23.1. The summed E-state index contributed by atoms with van der Waals surface area (Å²) in [6.45, 7) is 1.01. The summed E-state index contributed by atoms with van der Waals surface area (Å²) in [5.74, 6) is 1.04. The van der Waals surface area contributed by atoms with E-state index in [4.69, 9.17) is 9.47 Å². The number of hydrogen-bond acceptors (Lipinski definition) is 5. The topological polar surface area (TPSA) is 74.6 Å². The van der Waals surface area contributed by atoms with Gasteiger partial charge in [0.05, 0.1) is 24.7 Å². The van der Waals surface area contributed by atoms with Crippen molar-refractivity contribution in [3.63, 3.8) is 0 Å². The quantitative estimate of drug-likeness (QED) is 0.488. The third-order valence-electron chi connectivity index (χ3n) is 4.11. The molecule has 0 bridgehead atoms. The van der Waals surface area contributed by atoms with Gasteiger partial charge in [-0.25, -0.2) is 4.68 Å². The summed E-state index contributed by atoms with van der Waals surface area (Å²) in [5, 5.41) is 6.51. The van der Waals surface area contributed by atoms with Crippen LogP contribution in [0.2, 0.25) is 0 Å². The van der Waals surface area contributed by atoms with Gasteiger partial charge in [0.1, 0.15) is 31.4 Å². The monoisotopic (exact) mass is 449 g/mol. The smallest absolute Gasteiger partial charge is 0.411 e. The molecule has 0 fully saturated rings. The number of alkyl halides is 3. The first-order chi connectivity index (χ1) is 15.3. The number of anilines is 1. The third kappa shape index (κ3) is 7.31. The van der Waals surface area contributed by atoms with Crippen molar-refractivity contribution in [2.75, 3.05) is 18.5 Å². The van der Waals surface area contributed by atoms with E-state index in [1.54, 1.807) is 30.3 Å². The second-order valence-corrected chi connectivity index (χ2v) is 6.71. The van der Waals surface area contributed by atoms with Crippen LogP contribution in [0.15, 0.2) is 60.9 Å². The first-order valence-electron chi connectivity index (χ1n) is 9.75. The molecule has 1 heterocycles. The number of amides is 1. The third-order valence-corrected chi connectivity index (χ3v) is 4.11. The molecule has 170 valence electrons. The van der Waals surface area contributed by atoms with Gasteiger partial charge >= 0.3 is 6.18 Å². The Kier molecular flexibility index (Phi) is 7.72. The molecule has 0 radical (unpaired) electrons. The Balaban J connectivity index is 1.52. The number of hydrogen-bond donors (Lipinski definition) is 1. The molecule has 7 nitrogen and oxygen atoms in total. The van der Waals surface area contributed by atoms with Crippen LogP contribution >= 0.6 is 0 Å². The number of nitrogens with one attached hydrogen (secondary N) is 1. The van der Waals surface area contributed by atoms with Crippen LogP contribution in [0, 0.1) is 0 Å². The highest BCUT2D eigenvalue weighted by atomic mass is 19.4. The molecule has 0 spiro atoms. The van der Waals surface area contributed by atoms with Crippen molar-refractivity contribution in [1.82, 2.24) is 9.78 Å². The number of rotatable bonds is 10. The Labute approximate surface area is 182 Å². The lowest BCUT2D eigenvalue weighted by atomic mass is 10.1. The number of aromatic nitrogens is 2. The summed E-state index contributed by atoms with van der Waals surface area (Å²) in [6, 6.07) is 14.2. The molecule has 0 saturated heterocycles. The molecule has 1 aromatic heterocycles. The van der Waals surface area contributed by atoms with Crippen LogP contribution in [0.25, 0.3) is 0 Å². The summed E-state index contributed by atoms with van der Waals surface area (Å²) in [5.41, 5.74) is 1.53. The minimum Gasteiger partial charge on any atom is -0.494 e. The van der Waals surface area contributed by atoms with E-state index in [0.29, 0.717) is 23.6 Å².